The SMILES string of the molecule is O=C(O)c1cc(F)c(F)cc1NS(=O)(=O)c1ccc2ccccc2c1. The molecule has 0 saturated heterocycles. The molecule has 0 fully saturated rings. The number of rotatable bonds is 4. The van der Waals surface area contributed by atoms with E-state index in [1.165, 1.54) is 12.1 Å². The molecule has 0 saturated carbocycles. The Bertz CT molecular complexity index is 1100. The van der Waals surface area contributed by atoms with E-state index >= 15 is 0 Å². The molecule has 0 unspecified atom stereocenters. The van der Waals surface area contributed by atoms with Crippen molar-refractivity contribution >= 4 is 32.5 Å². The number of carbonyl (C=O) groups is 1. The fraction of sp³-hybridized carbons (Fsp3) is 0. The van der Waals surface area contributed by atoms with Crippen LogP contribution < -0.4 is 4.72 Å². The molecular weight excluding hydrogens is 352 g/mol. The van der Waals surface area contributed by atoms with Gasteiger partial charge in [0.15, 0.2) is 11.6 Å². The number of carboxylic acid groups (broad SMARTS) is 1. The van der Waals surface area contributed by atoms with Crippen molar-refractivity contribution in [1.29, 1.82) is 0 Å². The highest BCUT2D eigenvalue weighted by Gasteiger charge is 2.21. The zero-order chi connectivity index (χ0) is 18.2. The minimum Gasteiger partial charge on any atom is -0.478 e. The van der Waals surface area contributed by atoms with Crippen LogP contribution in [0.4, 0.5) is 14.5 Å². The largest absolute Gasteiger partial charge is 0.478 e. The summed E-state index contributed by atoms with van der Waals surface area (Å²) in [6.45, 7) is 0. The topological polar surface area (TPSA) is 83.5 Å². The lowest BCUT2D eigenvalue weighted by molar-refractivity contribution is 0.0697. The van der Waals surface area contributed by atoms with Gasteiger partial charge in [-0.1, -0.05) is 30.3 Å². The molecule has 8 heteroatoms. The molecule has 0 aromatic heterocycles. The van der Waals surface area contributed by atoms with Crippen LogP contribution >= 0.6 is 0 Å². The molecule has 3 aromatic rings. The summed E-state index contributed by atoms with van der Waals surface area (Å²) in [6, 6.07) is 12.3. The van der Waals surface area contributed by atoms with Crippen LogP contribution in [-0.4, -0.2) is 19.5 Å². The fourth-order valence-corrected chi connectivity index (χ4v) is 3.45. The van der Waals surface area contributed by atoms with Crippen molar-refractivity contribution < 1.29 is 27.1 Å². The van der Waals surface area contributed by atoms with Crippen molar-refractivity contribution in [3.8, 4) is 0 Å². The molecule has 0 heterocycles. The zero-order valence-corrected chi connectivity index (χ0v) is 13.3. The third kappa shape index (κ3) is 3.29. The lowest BCUT2D eigenvalue weighted by Crippen LogP contribution is -2.16. The molecule has 3 rings (SSSR count). The molecule has 0 amide bonds. The number of benzene rings is 3. The summed E-state index contributed by atoms with van der Waals surface area (Å²) in [5.41, 5.74) is -1.25. The van der Waals surface area contributed by atoms with Crippen molar-refractivity contribution in [1.82, 2.24) is 0 Å². The smallest absolute Gasteiger partial charge is 0.337 e. The van der Waals surface area contributed by atoms with Crippen LogP contribution in [0.3, 0.4) is 0 Å². The Hall–Kier alpha value is -3.00. The van der Waals surface area contributed by atoms with Crippen LogP contribution in [-0.2, 0) is 10.0 Å². The fourth-order valence-electron chi connectivity index (χ4n) is 2.35. The number of hydrogen-bond acceptors (Lipinski definition) is 3. The van der Waals surface area contributed by atoms with Gasteiger partial charge in [-0.05, 0) is 29.0 Å². The molecule has 3 aromatic carbocycles. The number of sulfonamides is 1. The lowest BCUT2D eigenvalue weighted by Gasteiger charge is -2.12. The molecule has 0 radical (unpaired) electrons. The Morgan fingerprint density at radius 3 is 2.24 bits per heavy atom. The molecule has 0 aliphatic heterocycles. The van der Waals surface area contributed by atoms with Crippen LogP contribution in [0.25, 0.3) is 10.8 Å². The van der Waals surface area contributed by atoms with Crippen LogP contribution in [0.5, 0.6) is 0 Å². The van der Waals surface area contributed by atoms with Crippen molar-refractivity contribution in [2.75, 3.05) is 4.72 Å². The highest BCUT2D eigenvalue weighted by molar-refractivity contribution is 7.92. The Labute approximate surface area is 141 Å². The highest BCUT2D eigenvalue weighted by atomic mass is 32.2. The van der Waals surface area contributed by atoms with Crippen molar-refractivity contribution in [2.45, 2.75) is 4.90 Å². The van der Waals surface area contributed by atoms with Gasteiger partial charge in [-0.15, -0.1) is 0 Å². The molecule has 0 spiro atoms. The first-order chi connectivity index (χ1) is 11.8. The van der Waals surface area contributed by atoms with Crippen LogP contribution in [0.2, 0.25) is 0 Å². The second-order valence-electron chi connectivity index (χ2n) is 5.23. The number of halogens is 2. The van der Waals surface area contributed by atoms with E-state index in [2.05, 4.69) is 0 Å². The second kappa shape index (κ2) is 6.14. The van der Waals surface area contributed by atoms with Gasteiger partial charge >= 0.3 is 5.97 Å². The maximum Gasteiger partial charge on any atom is 0.337 e. The van der Waals surface area contributed by atoms with Crippen LogP contribution in [0, 0.1) is 11.6 Å². The minimum atomic E-state index is -4.19. The van der Waals surface area contributed by atoms with Crippen molar-refractivity contribution in [3.63, 3.8) is 0 Å². The predicted molar refractivity (Wildman–Crippen MR) is 88.1 cm³/mol. The van der Waals surface area contributed by atoms with E-state index in [9.17, 15) is 22.0 Å². The molecule has 0 atom stereocenters. The third-order valence-corrected chi connectivity index (χ3v) is 4.93. The maximum absolute atomic E-state index is 13.4. The van der Waals surface area contributed by atoms with E-state index in [0.29, 0.717) is 17.5 Å². The quantitative estimate of drug-likeness (QED) is 0.742. The number of aromatic carboxylic acids is 1. The van der Waals surface area contributed by atoms with E-state index in [0.717, 1.165) is 5.39 Å². The second-order valence-corrected chi connectivity index (χ2v) is 6.91. The monoisotopic (exact) mass is 363 g/mol. The first-order valence-corrected chi connectivity index (χ1v) is 8.50. The third-order valence-electron chi connectivity index (χ3n) is 3.57. The first-order valence-electron chi connectivity index (χ1n) is 7.02. The standard InChI is InChI=1S/C17H11F2NO4S/c18-14-8-13(17(21)22)16(9-15(14)19)20-25(23,24)12-6-5-10-3-1-2-4-11(10)7-12/h1-9,20H,(H,21,22). The Morgan fingerprint density at radius 2 is 1.56 bits per heavy atom. The summed E-state index contributed by atoms with van der Waals surface area (Å²) in [7, 11) is -4.19. The van der Waals surface area contributed by atoms with Crippen LogP contribution in [0.1, 0.15) is 10.4 Å². The predicted octanol–water partition coefficient (Wildman–Crippen LogP) is 3.62. The van der Waals surface area contributed by atoms with Gasteiger partial charge in [-0.2, -0.15) is 0 Å². The minimum absolute atomic E-state index is 0.132. The first kappa shape index (κ1) is 16.8. The Balaban J connectivity index is 2.06. The number of carboxylic acids is 1. The molecule has 5 nitrogen and oxygen atoms in total. The summed E-state index contributed by atoms with van der Waals surface area (Å²) < 4.78 is 53.6. The Kier molecular flexibility index (Phi) is 4.13. The van der Waals surface area contributed by atoms with E-state index in [1.54, 1.807) is 30.3 Å². The molecule has 0 bridgehead atoms. The van der Waals surface area contributed by atoms with E-state index < -0.39 is 38.9 Å². The molecule has 0 aliphatic carbocycles. The summed E-state index contributed by atoms with van der Waals surface area (Å²) >= 11 is 0. The van der Waals surface area contributed by atoms with E-state index in [-0.39, 0.29) is 4.90 Å². The molecule has 128 valence electrons. The summed E-state index contributed by atoms with van der Waals surface area (Å²) in [5, 5.41) is 10.5. The summed E-state index contributed by atoms with van der Waals surface area (Å²) in [6.07, 6.45) is 0. The average Bonchev–Trinajstić information content (AvgIpc) is 2.57. The number of fused-ring (bicyclic) bond motifs is 1. The van der Waals surface area contributed by atoms with Gasteiger partial charge in [0.1, 0.15) is 0 Å². The van der Waals surface area contributed by atoms with Gasteiger partial charge in [0.2, 0.25) is 0 Å². The van der Waals surface area contributed by atoms with Gasteiger partial charge in [0.25, 0.3) is 10.0 Å². The normalized spacial score (nSPS) is 11.4. The maximum atomic E-state index is 13.4. The number of hydrogen-bond donors (Lipinski definition) is 2. The highest BCUT2D eigenvalue weighted by Crippen LogP contribution is 2.25. The Morgan fingerprint density at radius 1 is 0.920 bits per heavy atom. The molecule has 2 N–H and O–H groups in total. The summed E-state index contributed by atoms with van der Waals surface area (Å²) in [5.74, 6) is -4.33. The van der Waals surface area contributed by atoms with Gasteiger partial charge in [-0.3, -0.25) is 4.72 Å². The van der Waals surface area contributed by atoms with Gasteiger partial charge < -0.3 is 5.11 Å². The number of anilines is 1. The average molecular weight is 363 g/mol. The van der Waals surface area contributed by atoms with Gasteiger partial charge in [0.05, 0.1) is 16.1 Å². The van der Waals surface area contributed by atoms with Crippen LogP contribution in [0.15, 0.2) is 59.5 Å². The molecular formula is C17H11F2NO4S. The van der Waals surface area contributed by atoms with Gasteiger partial charge in [0, 0.05) is 6.07 Å². The van der Waals surface area contributed by atoms with E-state index in [1.807, 2.05) is 4.72 Å². The lowest BCUT2D eigenvalue weighted by atomic mass is 10.1. The van der Waals surface area contributed by atoms with E-state index in [4.69, 9.17) is 5.11 Å². The molecule has 25 heavy (non-hydrogen) atoms. The zero-order valence-electron chi connectivity index (χ0n) is 12.5. The number of nitrogens with one attached hydrogen (secondary N) is 1. The van der Waals surface area contributed by atoms with Crippen molar-refractivity contribution in [3.05, 3.63) is 71.8 Å². The van der Waals surface area contributed by atoms with Crippen molar-refractivity contribution in [2.24, 2.45) is 0 Å². The molecule has 0 aliphatic rings. The van der Waals surface area contributed by atoms with Gasteiger partial charge in [-0.25, -0.2) is 22.0 Å². The summed E-state index contributed by atoms with van der Waals surface area (Å²) in [4.78, 5) is 11.0.